The molecule has 18 heavy (non-hydrogen) atoms. The molecule has 4 heteroatoms. The van der Waals surface area contributed by atoms with E-state index in [9.17, 15) is 4.79 Å². The molecule has 0 radical (unpaired) electrons. The molecule has 0 heterocycles. The third-order valence-corrected chi connectivity index (χ3v) is 4.14. The van der Waals surface area contributed by atoms with E-state index in [4.69, 9.17) is 4.74 Å². The van der Waals surface area contributed by atoms with E-state index in [-0.39, 0.29) is 11.2 Å². The molecular formula is C14H19NO2S. The molecule has 1 aliphatic rings. The molecule has 1 N–H and O–H groups in total. The lowest BCUT2D eigenvalue weighted by Crippen LogP contribution is -2.32. The summed E-state index contributed by atoms with van der Waals surface area (Å²) < 4.78 is 5.18. The van der Waals surface area contributed by atoms with Crippen molar-refractivity contribution in [2.45, 2.75) is 36.8 Å². The third-order valence-electron chi connectivity index (χ3n) is 2.93. The standard InChI is InChI=1S/C14H19NO2S/c1-10(14(16)15-12-6-7-12)18-9-11-4-3-5-13(8-11)17-2/h3-5,8,10,12H,6-7,9H2,1-2H3,(H,15,16)/t10-/m0/s1. The second-order valence-corrected chi connectivity index (χ2v) is 5.92. The molecule has 1 aromatic rings. The number of hydrogen-bond donors (Lipinski definition) is 1. The number of hydrogen-bond acceptors (Lipinski definition) is 3. The average Bonchev–Trinajstić information content (AvgIpc) is 3.20. The van der Waals surface area contributed by atoms with Gasteiger partial charge >= 0.3 is 0 Å². The van der Waals surface area contributed by atoms with Gasteiger partial charge in [0.1, 0.15) is 5.75 Å². The van der Waals surface area contributed by atoms with Gasteiger partial charge in [0.2, 0.25) is 5.91 Å². The predicted octanol–water partition coefficient (Wildman–Crippen LogP) is 2.60. The van der Waals surface area contributed by atoms with Crippen molar-refractivity contribution in [3.63, 3.8) is 0 Å². The topological polar surface area (TPSA) is 38.3 Å². The summed E-state index contributed by atoms with van der Waals surface area (Å²) in [5, 5.41) is 3.03. The predicted molar refractivity (Wildman–Crippen MR) is 74.9 cm³/mol. The van der Waals surface area contributed by atoms with Gasteiger partial charge in [0, 0.05) is 11.8 Å². The van der Waals surface area contributed by atoms with Gasteiger partial charge < -0.3 is 10.1 Å². The van der Waals surface area contributed by atoms with Crippen molar-refractivity contribution >= 4 is 17.7 Å². The Hall–Kier alpha value is -1.16. The second kappa shape index (κ2) is 6.14. The van der Waals surface area contributed by atoms with Gasteiger partial charge in [0.15, 0.2) is 0 Å². The molecule has 0 saturated heterocycles. The summed E-state index contributed by atoms with van der Waals surface area (Å²) >= 11 is 1.66. The minimum absolute atomic E-state index is 0.00296. The first-order valence-corrected chi connectivity index (χ1v) is 7.29. The average molecular weight is 265 g/mol. The van der Waals surface area contributed by atoms with Crippen LogP contribution in [0.2, 0.25) is 0 Å². The molecule has 3 nitrogen and oxygen atoms in total. The van der Waals surface area contributed by atoms with Crippen LogP contribution in [0.4, 0.5) is 0 Å². The minimum atomic E-state index is -0.00296. The van der Waals surface area contributed by atoms with Gasteiger partial charge in [0.05, 0.1) is 12.4 Å². The maximum atomic E-state index is 11.8. The van der Waals surface area contributed by atoms with Gasteiger partial charge in [-0.3, -0.25) is 4.79 Å². The van der Waals surface area contributed by atoms with Crippen LogP contribution in [0.3, 0.4) is 0 Å². The summed E-state index contributed by atoms with van der Waals surface area (Å²) in [7, 11) is 1.66. The zero-order chi connectivity index (χ0) is 13.0. The smallest absolute Gasteiger partial charge is 0.233 e. The van der Waals surface area contributed by atoms with Gasteiger partial charge in [-0.05, 0) is 37.5 Å². The molecular weight excluding hydrogens is 246 g/mol. The van der Waals surface area contributed by atoms with Crippen molar-refractivity contribution in [1.82, 2.24) is 5.32 Å². The van der Waals surface area contributed by atoms with Crippen LogP contribution in [-0.4, -0.2) is 24.3 Å². The summed E-state index contributed by atoms with van der Waals surface area (Å²) in [6.07, 6.45) is 2.28. The van der Waals surface area contributed by atoms with E-state index < -0.39 is 0 Å². The SMILES string of the molecule is COc1cccc(CS[C@@H](C)C(=O)NC2CC2)c1. The van der Waals surface area contributed by atoms with Gasteiger partial charge in [-0.1, -0.05) is 12.1 Å². The van der Waals surface area contributed by atoms with E-state index in [0.717, 1.165) is 24.3 Å². The lowest BCUT2D eigenvalue weighted by atomic mass is 10.2. The second-order valence-electron chi connectivity index (χ2n) is 4.59. The molecule has 98 valence electrons. The summed E-state index contributed by atoms with van der Waals surface area (Å²) in [4.78, 5) is 11.8. The molecule has 2 rings (SSSR count). The molecule has 1 saturated carbocycles. The number of methoxy groups -OCH3 is 1. The third kappa shape index (κ3) is 3.95. The van der Waals surface area contributed by atoms with E-state index >= 15 is 0 Å². The number of benzene rings is 1. The highest BCUT2D eigenvalue weighted by Gasteiger charge is 2.25. The Kier molecular flexibility index (Phi) is 4.53. The molecule has 0 aliphatic heterocycles. The Morgan fingerprint density at radius 2 is 2.33 bits per heavy atom. The summed E-state index contributed by atoms with van der Waals surface area (Å²) in [5.74, 6) is 1.85. The van der Waals surface area contributed by atoms with E-state index in [2.05, 4.69) is 11.4 Å². The Morgan fingerprint density at radius 3 is 3.00 bits per heavy atom. The minimum Gasteiger partial charge on any atom is -0.497 e. The number of rotatable bonds is 6. The monoisotopic (exact) mass is 265 g/mol. The van der Waals surface area contributed by atoms with Crippen LogP contribution in [0.25, 0.3) is 0 Å². The van der Waals surface area contributed by atoms with Crippen LogP contribution in [0.5, 0.6) is 5.75 Å². The van der Waals surface area contributed by atoms with Gasteiger partial charge in [-0.2, -0.15) is 0 Å². The Bertz CT molecular complexity index is 418. The van der Waals surface area contributed by atoms with E-state index in [1.807, 2.05) is 25.1 Å². The van der Waals surface area contributed by atoms with Crippen LogP contribution in [0, 0.1) is 0 Å². The fourth-order valence-electron chi connectivity index (χ4n) is 1.61. The zero-order valence-corrected chi connectivity index (χ0v) is 11.6. The van der Waals surface area contributed by atoms with E-state index in [1.54, 1.807) is 18.9 Å². The molecule has 0 aromatic heterocycles. The van der Waals surface area contributed by atoms with Crippen LogP contribution < -0.4 is 10.1 Å². The van der Waals surface area contributed by atoms with E-state index in [0.29, 0.717) is 6.04 Å². The Labute approximate surface area is 112 Å². The van der Waals surface area contributed by atoms with Crippen LogP contribution in [-0.2, 0) is 10.5 Å². The van der Waals surface area contributed by atoms with Crippen LogP contribution >= 0.6 is 11.8 Å². The Morgan fingerprint density at radius 1 is 1.56 bits per heavy atom. The fraction of sp³-hybridized carbons (Fsp3) is 0.500. The first-order chi connectivity index (χ1) is 8.69. The first kappa shape index (κ1) is 13.3. The van der Waals surface area contributed by atoms with Crippen LogP contribution in [0.15, 0.2) is 24.3 Å². The van der Waals surface area contributed by atoms with Gasteiger partial charge in [-0.15, -0.1) is 11.8 Å². The highest BCUT2D eigenvalue weighted by Crippen LogP contribution is 2.23. The summed E-state index contributed by atoms with van der Waals surface area (Å²) in [6.45, 7) is 1.96. The number of carbonyl (C=O) groups is 1. The number of ether oxygens (including phenoxy) is 1. The molecule has 1 aromatic carbocycles. The van der Waals surface area contributed by atoms with Crippen LogP contribution in [0.1, 0.15) is 25.3 Å². The molecule has 1 aliphatic carbocycles. The molecule has 1 fully saturated rings. The van der Waals surface area contributed by atoms with Crippen molar-refractivity contribution in [1.29, 1.82) is 0 Å². The molecule has 1 atom stereocenters. The molecule has 0 spiro atoms. The van der Waals surface area contributed by atoms with Crippen molar-refractivity contribution in [2.75, 3.05) is 7.11 Å². The summed E-state index contributed by atoms with van der Waals surface area (Å²) in [6, 6.07) is 8.41. The van der Waals surface area contributed by atoms with E-state index in [1.165, 1.54) is 5.56 Å². The largest absolute Gasteiger partial charge is 0.497 e. The van der Waals surface area contributed by atoms with Crippen molar-refractivity contribution < 1.29 is 9.53 Å². The fourth-order valence-corrected chi connectivity index (χ4v) is 2.45. The number of carbonyl (C=O) groups excluding carboxylic acids is 1. The first-order valence-electron chi connectivity index (χ1n) is 6.24. The molecule has 1 amide bonds. The van der Waals surface area contributed by atoms with Crippen molar-refractivity contribution in [3.05, 3.63) is 29.8 Å². The van der Waals surface area contributed by atoms with Crippen molar-refractivity contribution in [3.8, 4) is 5.75 Å². The summed E-state index contributed by atoms with van der Waals surface area (Å²) in [5.41, 5.74) is 1.19. The Balaban J connectivity index is 1.80. The molecule has 0 bridgehead atoms. The number of thioether (sulfide) groups is 1. The lowest BCUT2D eigenvalue weighted by molar-refractivity contribution is -0.120. The molecule has 0 unspecified atom stereocenters. The maximum Gasteiger partial charge on any atom is 0.233 e. The quantitative estimate of drug-likeness (QED) is 0.859. The normalized spacial score (nSPS) is 16.1. The van der Waals surface area contributed by atoms with Gasteiger partial charge in [0.25, 0.3) is 0 Å². The number of amides is 1. The van der Waals surface area contributed by atoms with Crippen molar-refractivity contribution in [2.24, 2.45) is 0 Å². The lowest BCUT2D eigenvalue weighted by Gasteiger charge is -2.11. The highest BCUT2D eigenvalue weighted by atomic mass is 32.2. The zero-order valence-electron chi connectivity index (χ0n) is 10.8. The number of nitrogens with one attached hydrogen (secondary N) is 1. The van der Waals surface area contributed by atoms with Gasteiger partial charge in [-0.25, -0.2) is 0 Å². The maximum absolute atomic E-state index is 11.8. The highest BCUT2D eigenvalue weighted by molar-refractivity contribution is 7.99.